The van der Waals surface area contributed by atoms with E-state index in [0.29, 0.717) is 6.04 Å². The summed E-state index contributed by atoms with van der Waals surface area (Å²) >= 11 is 0. The molecule has 1 N–H and O–H groups in total. The van der Waals surface area contributed by atoms with Crippen molar-refractivity contribution in [1.29, 1.82) is 0 Å². The van der Waals surface area contributed by atoms with Crippen LogP contribution in [0.5, 0.6) is 0 Å². The lowest BCUT2D eigenvalue weighted by molar-refractivity contribution is -0.127. The van der Waals surface area contributed by atoms with Crippen molar-refractivity contribution in [2.75, 3.05) is 33.2 Å². The van der Waals surface area contributed by atoms with E-state index in [0.717, 1.165) is 39.0 Å². The van der Waals surface area contributed by atoms with Crippen molar-refractivity contribution in [1.82, 2.24) is 15.1 Å². The fourth-order valence-corrected chi connectivity index (χ4v) is 2.88. The van der Waals surface area contributed by atoms with Crippen LogP contribution < -0.4 is 5.32 Å². The molecule has 0 bridgehead atoms. The van der Waals surface area contributed by atoms with Gasteiger partial charge in [-0.3, -0.25) is 9.69 Å². The third kappa shape index (κ3) is 4.74. The molecule has 2 atom stereocenters. The Kier molecular flexibility index (Phi) is 6.46. The number of amides is 1. The SMILES string of the molecule is CCCCNC(=O)C(C)N1CCN(C)C(C(C)(C)C)C1. The summed E-state index contributed by atoms with van der Waals surface area (Å²) in [4.78, 5) is 16.9. The van der Waals surface area contributed by atoms with Crippen molar-refractivity contribution in [3.8, 4) is 0 Å². The van der Waals surface area contributed by atoms with Crippen LogP contribution >= 0.6 is 0 Å². The van der Waals surface area contributed by atoms with Crippen molar-refractivity contribution in [3.63, 3.8) is 0 Å². The number of nitrogens with one attached hydrogen (secondary N) is 1. The summed E-state index contributed by atoms with van der Waals surface area (Å²) in [7, 11) is 2.19. The summed E-state index contributed by atoms with van der Waals surface area (Å²) in [5.74, 6) is 0.177. The predicted octanol–water partition coefficient (Wildman–Crippen LogP) is 1.95. The number of carbonyl (C=O) groups excluding carboxylic acids is 1. The largest absolute Gasteiger partial charge is 0.355 e. The van der Waals surface area contributed by atoms with Crippen molar-refractivity contribution in [2.45, 2.75) is 59.5 Å². The first kappa shape index (κ1) is 17.4. The van der Waals surface area contributed by atoms with Gasteiger partial charge in [0.2, 0.25) is 5.91 Å². The van der Waals surface area contributed by atoms with E-state index in [1.54, 1.807) is 0 Å². The van der Waals surface area contributed by atoms with Crippen LogP contribution in [0.1, 0.15) is 47.5 Å². The topological polar surface area (TPSA) is 35.6 Å². The molecule has 1 rings (SSSR count). The minimum absolute atomic E-state index is 0.0228. The number of rotatable bonds is 5. The Balaban J connectivity index is 2.56. The van der Waals surface area contributed by atoms with Crippen LogP contribution in [0.25, 0.3) is 0 Å². The van der Waals surface area contributed by atoms with Gasteiger partial charge in [0.25, 0.3) is 0 Å². The Hall–Kier alpha value is -0.610. The molecule has 4 nitrogen and oxygen atoms in total. The summed E-state index contributed by atoms with van der Waals surface area (Å²) in [5, 5.41) is 3.05. The Labute approximate surface area is 124 Å². The molecule has 0 spiro atoms. The molecule has 0 aromatic rings. The summed E-state index contributed by atoms with van der Waals surface area (Å²) in [6.45, 7) is 14.8. The second-order valence-corrected chi connectivity index (χ2v) is 7.18. The summed E-state index contributed by atoms with van der Waals surface area (Å²) in [6.07, 6.45) is 2.18. The molecular formula is C16H33N3O. The number of nitrogens with zero attached hydrogens (tertiary/aromatic N) is 2. The van der Waals surface area contributed by atoms with Crippen LogP contribution in [-0.4, -0.2) is 61.0 Å². The van der Waals surface area contributed by atoms with E-state index in [1.165, 1.54) is 0 Å². The van der Waals surface area contributed by atoms with Gasteiger partial charge in [-0.15, -0.1) is 0 Å². The number of carbonyl (C=O) groups is 1. The molecule has 0 aliphatic carbocycles. The van der Waals surface area contributed by atoms with Crippen LogP contribution in [0.4, 0.5) is 0 Å². The van der Waals surface area contributed by atoms with E-state index in [2.05, 4.69) is 49.9 Å². The molecule has 0 saturated carbocycles. The van der Waals surface area contributed by atoms with Gasteiger partial charge in [0.15, 0.2) is 0 Å². The van der Waals surface area contributed by atoms with Gasteiger partial charge in [-0.05, 0) is 25.8 Å². The molecule has 1 fully saturated rings. The maximum absolute atomic E-state index is 12.2. The minimum atomic E-state index is -0.0228. The maximum atomic E-state index is 12.2. The molecule has 118 valence electrons. The first-order valence-electron chi connectivity index (χ1n) is 7.99. The van der Waals surface area contributed by atoms with Gasteiger partial charge >= 0.3 is 0 Å². The normalized spacial score (nSPS) is 23.6. The molecule has 1 aliphatic rings. The average Bonchev–Trinajstić information content (AvgIpc) is 2.37. The molecule has 0 aromatic carbocycles. The van der Waals surface area contributed by atoms with Crippen molar-refractivity contribution in [3.05, 3.63) is 0 Å². The van der Waals surface area contributed by atoms with Crippen LogP contribution in [0.15, 0.2) is 0 Å². The number of hydrogen-bond acceptors (Lipinski definition) is 3. The van der Waals surface area contributed by atoms with Crippen LogP contribution in [0, 0.1) is 5.41 Å². The number of hydrogen-bond donors (Lipinski definition) is 1. The number of piperazine rings is 1. The third-order valence-electron chi connectivity index (χ3n) is 4.44. The van der Waals surface area contributed by atoms with E-state index < -0.39 is 0 Å². The Bertz CT molecular complexity index is 311. The lowest BCUT2D eigenvalue weighted by Crippen LogP contribution is -2.60. The maximum Gasteiger partial charge on any atom is 0.237 e. The fraction of sp³-hybridized carbons (Fsp3) is 0.938. The van der Waals surface area contributed by atoms with Gasteiger partial charge in [-0.25, -0.2) is 0 Å². The molecule has 1 saturated heterocycles. The van der Waals surface area contributed by atoms with Gasteiger partial charge in [0.05, 0.1) is 6.04 Å². The zero-order valence-electron chi connectivity index (χ0n) is 14.2. The molecule has 20 heavy (non-hydrogen) atoms. The standard InChI is InChI=1S/C16H33N3O/c1-7-8-9-17-15(20)13(2)19-11-10-18(6)14(12-19)16(3,4)5/h13-14H,7-12H2,1-6H3,(H,17,20). The first-order valence-corrected chi connectivity index (χ1v) is 7.99. The van der Waals surface area contributed by atoms with Gasteiger partial charge in [-0.2, -0.15) is 0 Å². The van der Waals surface area contributed by atoms with E-state index in [4.69, 9.17) is 0 Å². The highest BCUT2D eigenvalue weighted by Gasteiger charge is 2.36. The smallest absolute Gasteiger partial charge is 0.237 e. The molecular weight excluding hydrogens is 250 g/mol. The van der Waals surface area contributed by atoms with Gasteiger partial charge in [-0.1, -0.05) is 34.1 Å². The molecule has 4 heteroatoms. The van der Waals surface area contributed by atoms with Crippen molar-refractivity contribution < 1.29 is 4.79 Å². The highest BCUT2D eigenvalue weighted by molar-refractivity contribution is 5.81. The minimum Gasteiger partial charge on any atom is -0.355 e. The molecule has 1 amide bonds. The fourth-order valence-electron chi connectivity index (χ4n) is 2.88. The highest BCUT2D eigenvalue weighted by atomic mass is 16.2. The lowest BCUT2D eigenvalue weighted by Gasteiger charge is -2.47. The van der Waals surface area contributed by atoms with Gasteiger partial charge < -0.3 is 10.2 Å². The first-order chi connectivity index (χ1) is 9.27. The predicted molar refractivity (Wildman–Crippen MR) is 84.8 cm³/mol. The Morgan fingerprint density at radius 2 is 2.00 bits per heavy atom. The zero-order chi connectivity index (χ0) is 15.3. The average molecular weight is 283 g/mol. The van der Waals surface area contributed by atoms with E-state index >= 15 is 0 Å². The van der Waals surface area contributed by atoms with Gasteiger partial charge in [0.1, 0.15) is 0 Å². The monoisotopic (exact) mass is 283 g/mol. The second kappa shape index (κ2) is 7.41. The number of likely N-dealkylation sites (N-methyl/N-ethyl adjacent to an activating group) is 1. The Morgan fingerprint density at radius 1 is 1.35 bits per heavy atom. The zero-order valence-corrected chi connectivity index (χ0v) is 14.2. The van der Waals surface area contributed by atoms with Crippen molar-refractivity contribution in [2.24, 2.45) is 5.41 Å². The van der Waals surface area contributed by atoms with E-state index in [9.17, 15) is 4.79 Å². The van der Waals surface area contributed by atoms with Crippen LogP contribution in [0.2, 0.25) is 0 Å². The Morgan fingerprint density at radius 3 is 2.55 bits per heavy atom. The number of unbranched alkanes of at least 4 members (excludes halogenated alkanes) is 1. The van der Waals surface area contributed by atoms with Crippen LogP contribution in [-0.2, 0) is 4.79 Å². The third-order valence-corrected chi connectivity index (χ3v) is 4.44. The summed E-state index contributed by atoms with van der Waals surface area (Å²) < 4.78 is 0. The quantitative estimate of drug-likeness (QED) is 0.783. The molecule has 1 aliphatic heterocycles. The van der Waals surface area contributed by atoms with Crippen molar-refractivity contribution >= 4 is 5.91 Å². The second-order valence-electron chi connectivity index (χ2n) is 7.18. The molecule has 0 radical (unpaired) electrons. The molecule has 1 heterocycles. The summed E-state index contributed by atoms with van der Waals surface area (Å²) in [5.41, 5.74) is 0.242. The van der Waals surface area contributed by atoms with Gasteiger partial charge in [0, 0.05) is 32.2 Å². The lowest BCUT2D eigenvalue weighted by atomic mass is 9.84. The van der Waals surface area contributed by atoms with E-state index in [-0.39, 0.29) is 17.4 Å². The molecule has 0 aromatic heterocycles. The summed E-state index contributed by atoms with van der Waals surface area (Å²) in [6, 6.07) is 0.479. The van der Waals surface area contributed by atoms with Crippen LogP contribution in [0.3, 0.4) is 0 Å². The van der Waals surface area contributed by atoms with E-state index in [1.807, 2.05) is 6.92 Å². The highest BCUT2D eigenvalue weighted by Crippen LogP contribution is 2.27. The molecule has 2 unspecified atom stereocenters.